The molecule has 0 aliphatic heterocycles. The summed E-state index contributed by atoms with van der Waals surface area (Å²) in [5, 5.41) is 3.08. The van der Waals surface area contributed by atoms with Gasteiger partial charge in [-0.1, -0.05) is 6.92 Å². The van der Waals surface area contributed by atoms with E-state index in [2.05, 4.69) is 23.6 Å². The Morgan fingerprint density at radius 1 is 1.70 bits per heavy atom. The number of aryl methyl sites for hydroxylation is 1. The molecule has 0 unspecified atom stereocenters. The van der Waals surface area contributed by atoms with Crippen LogP contribution in [-0.2, 0) is 0 Å². The molecule has 0 aromatic carbocycles. The summed E-state index contributed by atoms with van der Waals surface area (Å²) >= 11 is 0. The summed E-state index contributed by atoms with van der Waals surface area (Å²) < 4.78 is 4.92. The second-order valence-corrected chi connectivity index (χ2v) is 2.15. The lowest BCUT2D eigenvalue weighted by atomic mass is 10.4. The number of rotatable bonds is 3. The molecule has 0 amide bonds. The molecule has 0 aliphatic rings. The molecule has 3 heteroatoms. The Labute approximate surface area is 60.5 Å². The monoisotopic (exact) mass is 139 g/mol. The zero-order valence-electron chi connectivity index (χ0n) is 6.27. The van der Waals surface area contributed by atoms with E-state index in [0.29, 0.717) is 0 Å². The van der Waals surface area contributed by atoms with Crippen molar-refractivity contribution in [1.29, 1.82) is 0 Å². The van der Waals surface area contributed by atoms with Crippen molar-refractivity contribution in [3.8, 4) is 0 Å². The molecule has 0 bridgehead atoms. The van der Waals surface area contributed by atoms with Crippen molar-refractivity contribution in [1.82, 2.24) is 4.98 Å². The number of anilines is 1. The first-order valence-corrected chi connectivity index (χ1v) is 3.42. The third kappa shape index (κ3) is 1.50. The first-order valence-electron chi connectivity index (χ1n) is 3.42. The maximum absolute atomic E-state index is 4.92. The van der Waals surface area contributed by atoms with Gasteiger partial charge in [-0.05, 0) is 13.3 Å². The molecule has 0 fully saturated rings. The smallest absolute Gasteiger partial charge is 0.285 e. The summed E-state index contributed by atoms with van der Waals surface area (Å²) in [5.74, 6) is 0.738. The van der Waals surface area contributed by atoms with Crippen molar-refractivity contribution in [2.45, 2.75) is 20.3 Å². The van der Waals surface area contributed by atoms with Crippen LogP contribution in [-0.4, -0.2) is 11.5 Å². The molecule has 3 nitrogen and oxygen atoms in total. The summed E-state index contributed by atoms with van der Waals surface area (Å²) in [6.07, 6.45) is 3.50. The molecule has 1 heterocycles. The SMILES string of the molecule is CCCNc1o[c]nc1C. The largest absolute Gasteiger partial charge is 0.416 e. The Bertz CT molecular complexity index is 195. The minimum absolute atomic E-state index is 0.738. The number of oxazole rings is 1. The summed E-state index contributed by atoms with van der Waals surface area (Å²) in [6.45, 7) is 4.91. The normalized spacial score (nSPS) is 9.80. The highest BCUT2D eigenvalue weighted by Gasteiger charge is 1.99. The van der Waals surface area contributed by atoms with Gasteiger partial charge >= 0.3 is 0 Å². The highest BCUT2D eigenvalue weighted by atomic mass is 16.4. The Balaban J connectivity index is 2.49. The molecule has 0 atom stereocenters. The third-order valence-electron chi connectivity index (χ3n) is 1.23. The van der Waals surface area contributed by atoms with E-state index >= 15 is 0 Å². The van der Waals surface area contributed by atoms with Crippen molar-refractivity contribution >= 4 is 5.88 Å². The topological polar surface area (TPSA) is 38.1 Å². The quantitative estimate of drug-likeness (QED) is 0.691. The van der Waals surface area contributed by atoms with Crippen LogP contribution in [0, 0.1) is 13.3 Å². The van der Waals surface area contributed by atoms with Crippen LogP contribution in [0.5, 0.6) is 0 Å². The van der Waals surface area contributed by atoms with Crippen LogP contribution in [0.15, 0.2) is 4.42 Å². The Kier molecular flexibility index (Phi) is 2.31. The maximum Gasteiger partial charge on any atom is 0.285 e. The number of hydrogen-bond donors (Lipinski definition) is 1. The standard InChI is InChI=1S/C7H11N2O/c1-3-4-8-7-6(2)9-5-10-7/h8H,3-4H2,1-2H3. The van der Waals surface area contributed by atoms with E-state index in [1.165, 1.54) is 0 Å². The van der Waals surface area contributed by atoms with E-state index in [4.69, 9.17) is 4.42 Å². The molecule has 0 aliphatic carbocycles. The van der Waals surface area contributed by atoms with Gasteiger partial charge in [-0.3, -0.25) is 0 Å². The average Bonchev–Trinajstić information content (AvgIpc) is 2.31. The van der Waals surface area contributed by atoms with Crippen LogP contribution in [0.4, 0.5) is 5.88 Å². The van der Waals surface area contributed by atoms with Crippen molar-refractivity contribution in [2.75, 3.05) is 11.9 Å². The molecule has 0 saturated heterocycles. The Morgan fingerprint density at radius 2 is 2.50 bits per heavy atom. The lowest BCUT2D eigenvalue weighted by Gasteiger charge is -1.98. The van der Waals surface area contributed by atoms with Gasteiger partial charge < -0.3 is 9.73 Å². The zero-order chi connectivity index (χ0) is 7.40. The number of nitrogens with zero attached hydrogens (tertiary/aromatic N) is 1. The van der Waals surface area contributed by atoms with Crippen LogP contribution < -0.4 is 5.32 Å². The van der Waals surface area contributed by atoms with Gasteiger partial charge in [-0.15, -0.1) is 0 Å². The minimum atomic E-state index is 0.738. The third-order valence-corrected chi connectivity index (χ3v) is 1.23. The number of nitrogens with one attached hydrogen (secondary N) is 1. The molecule has 1 aromatic heterocycles. The fourth-order valence-corrected chi connectivity index (χ4v) is 0.664. The summed E-state index contributed by atoms with van der Waals surface area (Å²) in [5.41, 5.74) is 0.869. The second kappa shape index (κ2) is 3.25. The van der Waals surface area contributed by atoms with Gasteiger partial charge in [0.2, 0.25) is 5.88 Å². The maximum atomic E-state index is 4.92. The first-order chi connectivity index (χ1) is 4.84. The average molecular weight is 139 g/mol. The van der Waals surface area contributed by atoms with E-state index in [-0.39, 0.29) is 0 Å². The van der Waals surface area contributed by atoms with Crippen molar-refractivity contribution in [3.63, 3.8) is 0 Å². The predicted molar refractivity (Wildman–Crippen MR) is 38.9 cm³/mol. The highest BCUT2D eigenvalue weighted by molar-refractivity contribution is 5.34. The van der Waals surface area contributed by atoms with Crippen molar-refractivity contribution < 1.29 is 4.42 Å². The summed E-state index contributed by atoms with van der Waals surface area (Å²) in [4.78, 5) is 3.82. The van der Waals surface area contributed by atoms with Gasteiger partial charge in [-0.2, -0.15) is 0 Å². The fraction of sp³-hybridized carbons (Fsp3) is 0.571. The van der Waals surface area contributed by atoms with E-state index < -0.39 is 0 Å². The molecule has 55 valence electrons. The summed E-state index contributed by atoms with van der Waals surface area (Å²) in [7, 11) is 0. The lowest BCUT2D eigenvalue weighted by Crippen LogP contribution is -1.99. The Hall–Kier alpha value is -0.990. The van der Waals surface area contributed by atoms with Gasteiger partial charge in [0.1, 0.15) is 5.69 Å². The van der Waals surface area contributed by atoms with E-state index in [1.54, 1.807) is 0 Å². The molecular weight excluding hydrogens is 128 g/mol. The second-order valence-electron chi connectivity index (χ2n) is 2.15. The molecule has 1 aromatic rings. The number of hydrogen-bond acceptors (Lipinski definition) is 3. The zero-order valence-corrected chi connectivity index (χ0v) is 6.27. The molecule has 0 spiro atoms. The predicted octanol–water partition coefficient (Wildman–Crippen LogP) is 1.61. The van der Waals surface area contributed by atoms with Crippen LogP contribution in [0.3, 0.4) is 0 Å². The molecule has 10 heavy (non-hydrogen) atoms. The van der Waals surface area contributed by atoms with Crippen molar-refractivity contribution in [2.24, 2.45) is 0 Å². The Morgan fingerprint density at radius 3 is 3.00 bits per heavy atom. The van der Waals surface area contributed by atoms with E-state index in [0.717, 1.165) is 24.5 Å². The van der Waals surface area contributed by atoms with E-state index in [9.17, 15) is 0 Å². The highest BCUT2D eigenvalue weighted by Crippen LogP contribution is 2.10. The van der Waals surface area contributed by atoms with Gasteiger partial charge in [-0.25, -0.2) is 4.98 Å². The molecule has 1 N–H and O–H groups in total. The molecule has 0 saturated carbocycles. The van der Waals surface area contributed by atoms with Gasteiger partial charge in [0.15, 0.2) is 0 Å². The van der Waals surface area contributed by atoms with E-state index in [1.807, 2.05) is 6.92 Å². The van der Waals surface area contributed by atoms with Crippen molar-refractivity contribution in [3.05, 3.63) is 12.1 Å². The molecular formula is C7H11N2O. The summed E-state index contributed by atoms with van der Waals surface area (Å²) in [6, 6.07) is 0. The van der Waals surface area contributed by atoms with Crippen LogP contribution >= 0.6 is 0 Å². The van der Waals surface area contributed by atoms with Gasteiger partial charge in [0, 0.05) is 6.54 Å². The number of aromatic nitrogens is 1. The van der Waals surface area contributed by atoms with Crippen LogP contribution in [0.25, 0.3) is 0 Å². The van der Waals surface area contributed by atoms with Crippen LogP contribution in [0.2, 0.25) is 0 Å². The van der Waals surface area contributed by atoms with Crippen LogP contribution in [0.1, 0.15) is 19.0 Å². The fourth-order valence-electron chi connectivity index (χ4n) is 0.664. The van der Waals surface area contributed by atoms with Gasteiger partial charge in [0.25, 0.3) is 6.39 Å². The van der Waals surface area contributed by atoms with Gasteiger partial charge in [0.05, 0.1) is 0 Å². The lowest BCUT2D eigenvalue weighted by molar-refractivity contribution is 0.558. The minimum Gasteiger partial charge on any atom is -0.416 e. The first kappa shape index (κ1) is 7.12. The molecule has 1 radical (unpaired) electrons. The molecule has 1 rings (SSSR count).